The minimum atomic E-state index is -0.980. The number of nitrogens with one attached hydrogen (secondary N) is 1. The molecule has 4 nitrogen and oxygen atoms in total. The molecular formula is C32H43NO3. The van der Waals surface area contributed by atoms with Gasteiger partial charge in [0.1, 0.15) is 0 Å². The fourth-order valence-electron chi connectivity index (χ4n) is 5.16. The van der Waals surface area contributed by atoms with Gasteiger partial charge in [0.25, 0.3) is 5.91 Å². The number of hydrogen-bond donors (Lipinski definition) is 2. The van der Waals surface area contributed by atoms with Crippen LogP contribution >= 0.6 is 0 Å². The van der Waals surface area contributed by atoms with E-state index in [0.717, 1.165) is 31.2 Å². The van der Waals surface area contributed by atoms with Crippen LogP contribution in [0.3, 0.4) is 0 Å². The van der Waals surface area contributed by atoms with Crippen LogP contribution in [-0.4, -0.2) is 17.0 Å². The fourth-order valence-corrected chi connectivity index (χ4v) is 5.16. The summed E-state index contributed by atoms with van der Waals surface area (Å²) >= 11 is 0. The molecule has 1 amide bonds. The number of fused-ring (bicyclic) bond motifs is 1. The molecule has 0 unspecified atom stereocenters. The lowest BCUT2D eigenvalue weighted by molar-refractivity contribution is -0.111. The molecule has 2 N–H and O–H groups in total. The van der Waals surface area contributed by atoms with E-state index in [1.165, 1.54) is 55.4 Å². The van der Waals surface area contributed by atoms with Gasteiger partial charge < -0.3 is 10.4 Å². The number of unbranched alkanes of at least 4 members (excludes halogenated alkanes) is 6. The molecule has 1 aliphatic carbocycles. The number of hydrogen-bond acceptors (Lipinski definition) is 2. The largest absolute Gasteiger partial charge is 0.478 e. The summed E-state index contributed by atoms with van der Waals surface area (Å²) in [5.41, 5.74) is 5.33. The van der Waals surface area contributed by atoms with Crippen LogP contribution in [0.5, 0.6) is 0 Å². The molecule has 0 bridgehead atoms. The maximum absolute atomic E-state index is 13.5. The van der Waals surface area contributed by atoms with Crippen LogP contribution in [0.2, 0.25) is 0 Å². The smallest absolute Gasteiger partial charge is 0.335 e. The van der Waals surface area contributed by atoms with E-state index in [1.807, 2.05) is 0 Å². The van der Waals surface area contributed by atoms with E-state index in [2.05, 4.69) is 64.2 Å². The highest BCUT2D eigenvalue weighted by Gasteiger charge is 2.37. The zero-order valence-corrected chi connectivity index (χ0v) is 22.7. The number of benzene rings is 2. The number of carbonyl (C=O) groups is 2. The second kappa shape index (κ2) is 11.9. The van der Waals surface area contributed by atoms with Crippen molar-refractivity contribution in [3.8, 4) is 0 Å². The monoisotopic (exact) mass is 489 g/mol. The minimum absolute atomic E-state index is 0.0639. The van der Waals surface area contributed by atoms with Crippen molar-refractivity contribution in [1.29, 1.82) is 0 Å². The third-order valence-electron chi connectivity index (χ3n) is 7.70. The molecule has 0 aliphatic heterocycles. The van der Waals surface area contributed by atoms with Crippen LogP contribution in [-0.2, 0) is 15.6 Å². The van der Waals surface area contributed by atoms with Gasteiger partial charge in [-0.15, -0.1) is 0 Å². The summed E-state index contributed by atoms with van der Waals surface area (Å²) in [6.07, 6.45) is 12.5. The molecule has 2 aromatic rings. The molecule has 0 heterocycles. The van der Waals surface area contributed by atoms with Crippen LogP contribution in [0.4, 0.5) is 5.69 Å². The number of carboxylic acids is 1. The molecule has 0 saturated carbocycles. The Morgan fingerprint density at radius 3 is 2.06 bits per heavy atom. The number of amides is 1. The van der Waals surface area contributed by atoms with Gasteiger partial charge in [0, 0.05) is 11.3 Å². The highest BCUT2D eigenvalue weighted by Crippen LogP contribution is 2.46. The number of carbonyl (C=O) groups excluding carboxylic acids is 1. The standard InChI is InChI=1S/C32H43NO3/c1-6-7-8-9-10-11-12-13-26(29(34)33-25-17-14-23(15-18-25)30(35)36)24-16-19-27-28(22-24)32(4,5)21-20-31(27,2)3/h13-19,22H,6-12,20-21H2,1-5H3,(H,33,34)(H,35,36)/b26-13+. The van der Waals surface area contributed by atoms with E-state index in [-0.39, 0.29) is 22.3 Å². The van der Waals surface area contributed by atoms with Crippen molar-refractivity contribution in [3.05, 3.63) is 70.8 Å². The zero-order valence-electron chi connectivity index (χ0n) is 22.7. The zero-order chi connectivity index (χ0) is 26.3. The second-order valence-corrected chi connectivity index (χ2v) is 11.5. The first-order chi connectivity index (χ1) is 17.0. The van der Waals surface area contributed by atoms with Crippen molar-refractivity contribution in [3.63, 3.8) is 0 Å². The Hall–Kier alpha value is -2.88. The van der Waals surface area contributed by atoms with Crippen LogP contribution in [0.25, 0.3) is 5.57 Å². The van der Waals surface area contributed by atoms with Gasteiger partial charge in [-0.05, 0) is 77.5 Å². The van der Waals surface area contributed by atoms with E-state index < -0.39 is 5.97 Å². The molecule has 4 heteroatoms. The van der Waals surface area contributed by atoms with E-state index >= 15 is 0 Å². The van der Waals surface area contributed by atoms with E-state index in [9.17, 15) is 9.59 Å². The number of aromatic carboxylic acids is 1. The first-order valence-corrected chi connectivity index (χ1v) is 13.6. The Balaban J connectivity index is 1.88. The van der Waals surface area contributed by atoms with Gasteiger partial charge in [-0.2, -0.15) is 0 Å². The van der Waals surface area contributed by atoms with Crippen molar-refractivity contribution >= 4 is 23.1 Å². The summed E-state index contributed by atoms with van der Waals surface area (Å²) in [7, 11) is 0. The summed E-state index contributed by atoms with van der Waals surface area (Å²) < 4.78 is 0. The fraction of sp³-hybridized carbons (Fsp3) is 0.500. The van der Waals surface area contributed by atoms with Gasteiger partial charge in [0.15, 0.2) is 0 Å². The first kappa shape index (κ1) is 27.7. The second-order valence-electron chi connectivity index (χ2n) is 11.5. The molecule has 0 aromatic heterocycles. The Labute approximate surface area is 217 Å². The first-order valence-electron chi connectivity index (χ1n) is 13.6. The molecule has 3 rings (SSSR count). The summed E-state index contributed by atoms with van der Waals surface area (Å²) in [5.74, 6) is -1.14. The molecule has 36 heavy (non-hydrogen) atoms. The quantitative estimate of drug-likeness (QED) is 0.245. The van der Waals surface area contributed by atoms with Gasteiger partial charge >= 0.3 is 5.97 Å². The Morgan fingerprint density at radius 2 is 1.42 bits per heavy atom. The number of carboxylic acid groups (broad SMARTS) is 1. The van der Waals surface area contributed by atoms with Gasteiger partial charge in [-0.3, -0.25) is 4.79 Å². The number of rotatable bonds is 11. The molecule has 0 fully saturated rings. The molecule has 0 spiro atoms. The average molecular weight is 490 g/mol. The Bertz CT molecular complexity index is 1090. The third kappa shape index (κ3) is 6.87. The van der Waals surface area contributed by atoms with Crippen LogP contribution in [0.1, 0.15) is 119 Å². The van der Waals surface area contributed by atoms with Gasteiger partial charge in [-0.1, -0.05) is 91.0 Å². The SMILES string of the molecule is CCCCCCCC/C=C(/C(=O)Nc1ccc(C(=O)O)cc1)c1ccc2c(c1)C(C)(C)CCC2(C)C. The molecule has 2 aromatic carbocycles. The van der Waals surface area contributed by atoms with Crippen molar-refractivity contribution in [1.82, 2.24) is 0 Å². The van der Waals surface area contributed by atoms with Gasteiger partial charge in [-0.25, -0.2) is 4.79 Å². The van der Waals surface area contributed by atoms with E-state index in [1.54, 1.807) is 12.1 Å². The van der Waals surface area contributed by atoms with Crippen molar-refractivity contribution < 1.29 is 14.7 Å². The van der Waals surface area contributed by atoms with E-state index in [0.29, 0.717) is 11.3 Å². The summed E-state index contributed by atoms with van der Waals surface area (Å²) in [5, 5.41) is 12.2. The average Bonchev–Trinajstić information content (AvgIpc) is 2.84. The molecule has 194 valence electrons. The lowest BCUT2D eigenvalue weighted by Gasteiger charge is -2.42. The Kier molecular flexibility index (Phi) is 9.16. The highest BCUT2D eigenvalue weighted by molar-refractivity contribution is 6.25. The molecular weight excluding hydrogens is 446 g/mol. The van der Waals surface area contributed by atoms with Crippen LogP contribution < -0.4 is 5.32 Å². The van der Waals surface area contributed by atoms with Gasteiger partial charge in [0.2, 0.25) is 0 Å². The highest BCUT2D eigenvalue weighted by atomic mass is 16.4. The predicted molar refractivity (Wildman–Crippen MR) is 150 cm³/mol. The maximum Gasteiger partial charge on any atom is 0.335 e. The van der Waals surface area contributed by atoms with Crippen molar-refractivity contribution in [2.24, 2.45) is 0 Å². The van der Waals surface area contributed by atoms with Crippen LogP contribution in [0, 0.1) is 0 Å². The van der Waals surface area contributed by atoms with E-state index in [4.69, 9.17) is 5.11 Å². The molecule has 0 saturated heterocycles. The summed E-state index contributed by atoms with van der Waals surface area (Å²) in [4.78, 5) is 24.7. The third-order valence-corrected chi connectivity index (χ3v) is 7.70. The van der Waals surface area contributed by atoms with Crippen molar-refractivity contribution in [2.75, 3.05) is 5.32 Å². The summed E-state index contributed by atoms with van der Waals surface area (Å²) in [6.45, 7) is 11.4. The number of anilines is 1. The van der Waals surface area contributed by atoms with Crippen molar-refractivity contribution in [2.45, 2.75) is 103 Å². The molecule has 0 radical (unpaired) electrons. The maximum atomic E-state index is 13.5. The lowest BCUT2D eigenvalue weighted by atomic mass is 9.63. The minimum Gasteiger partial charge on any atom is -0.478 e. The topological polar surface area (TPSA) is 66.4 Å². The number of allylic oxidation sites excluding steroid dienone is 1. The van der Waals surface area contributed by atoms with Crippen LogP contribution in [0.15, 0.2) is 48.5 Å². The lowest BCUT2D eigenvalue weighted by Crippen LogP contribution is -2.34. The van der Waals surface area contributed by atoms with Gasteiger partial charge in [0.05, 0.1) is 5.56 Å². The molecule has 1 aliphatic rings. The summed E-state index contributed by atoms with van der Waals surface area (Å²) in [6, 6.07) is 12.9. The predicted octanol–water partition coefficient (Wildman–Crippen LogP) is 8.51. The normalized spacial score (nSPS) is 16.3. The Morgan fingerprint density at radius 1 is 0.833 bits per heavy atom. The molecule has 0 atom stereocenters.